The van der Waals surface area contributed by atoms with Crippen molar-refractivity contribution in [3.8, 4) is 0 Å². The van der Waals surface area contributed by atoms with E-state index in [1.807, 2.05) is 0 Å². The number of nitrogens with zero attached hydrogens (tertiary/aromatic N) is 3. The lowest BCUT2D eigenvalue weighted by atomic mass is 10.1. The van der Waals surface area contributed by atoms with Crippen molar-refractivity contribution in [2.45, 2.75) is 13.8 Å². The first-order chi connectivity index (χ1) is 14.0. The molecule has 0 fully saturated rings. The zero-order valence-electron chi connectivity index (χ0n) is 17.7. The first-order valence-electron chi connectivity index (χ1n) is 9.28. The van der Waals surface area contributed by atoms with Crippen LogP contribution < -0.4 is 0 Å². The molecule has 4 N–H and O–H groups in total. The van der Waals surface area contributed by atoms with Crippen molar-refractivity contribution in [3.05, 3.63) is 0 Å². The molecule has 12 heteroatoms. The van der Waals surface area contributed by atoms with Crippen LogP contribution in [0.15, 0.2) is 0 Å². The van der Waals surface area contributed by atoms with E-state index in [0.29, 0.717) is 6.29 Å². The molecule has 0 unspecified atom stereocenters. The maximum absolute atomic E-state index is 11.9. The highest BCUT2D eigenvalue weighted by Gasteiger charge is 2.19. The molecule has 0 radical (unpaired) electrons. The summed E-state index contributed by atoms with van der Waals surface area (Å²) >= 11 is 0. The fourth-order valence-corrected chi connectivity index (χ4v) is 2.37. The highest BCUT2D eigenvalue weighted by molar-refractivity contribution is 5.82. The number of hydrogen-bond acceptors (Lipinski definition) is 9. The normalized spacial score (nSPS) is 10.8. The fourth-order valence-electron chi connectivity index (χ4n) is 2.37. The smallest absolute Gasteiger partial charge is 0.317 e. The molecular formula is C18H33N3O9. The summed E-state index contributed by atoms with van der Waals surface area (Å²) in [7, 11) is 1.00. The van der Waals surface area contributed by atoms with Crippen molar-refractivity contribution in [2.75, 3.05) is 66.0 Å². The molecule has 0 aliphatic carbocycles. The molecule has 0 heterocycles. The van der Waals surface area contributed by atoms with E-state index in [2.05, 4.69) is 0 Å². The second kappa shape index (κ2) is 17.4. The number of aliphatic hydroxyl groups is 1. The van der Waals surface area contributed by atoms with E-state index < -0.39 is 31.0 Å². The lowest BCUT2D eigenvalue weighted by Gasteiger charge is -2.27. The van der Waals surface area contributed by atoms with Gasteiger partial charge in [-0.05, 0) is 0 Å². The average molecular weight is 435 g/mol. The summed E-state index contributed by atoms with van der Waals surface area (Å²) < 4.78 is 0. The molecule has 0 amide bonds. The van der Waals surface area contributed by atoms with Gasteiger partial charge in [-0.1, -0.05) is 13.8 Å². The quantitative estimate of drug-likeness (QED) is 0.188. The number of carbonyl (C=O) groups excluding carboxylic acids is 2. The van der Waals surface area contributed by atoms with Gasteiger partial charge in [-0.25, -0.2) is 0 Å². The number of rotatable bonds is 17. The van der Waals surface area contributed by atoms with Crippen LogP contribution in [-0.4, -0.2) is 131 Å². The van der Waals surface area contributed by atoms with Crippen LogP contribution >= 0.6 is 0 Å². The molecule has 0 saturated heterocycles. The molecule has 0 aromatic rings. The Balaban J connectivity index is 0. The van der Waals surface area contributed by atoms with Crippen molar-refractivity contribution < 1.29 is 44.4 Å². The molecule has 30 heavy (non-hydrogen) atoms. The van der Waals surface area contributed by atoms with Crippen LogP contribution in [-0.2, 0) is 24.0 Å². The summed E-state index contributed by atoms with van der Waals surface area (Å²) in [5, 5.41) is 33.7. The Labute approximate surface area is 175 Å². The van der Waals surface area contributed by atoms with Gasteiger partial charge in [-0.15, -0.1) is 0 Å². The van der Waals surface area contributed by atoms with Gasteiger partial charge in [-0.2, -0.15) is 0 Å². The Kier molecular flexibility index (Phi) is 17.3. The first kappa shape index (κ1) is 29.8. The summed E-state index contributed by atoms with van der Waals surface area (Å²) in [5.74, 6) is -3.74. The van der Waals surface area contributed by atoms with Gasteiger partial charge >= 0.3 is 17.9 Å². The van der Waals surface area contributed by atoms with E-state index in [1.54, 1.807) is 18.7 Å². The number of carboxylic acid groups (broad SMARTS) is 3. The van der Waals surface area contributed by atoms with Crippen LogP contribution in [0.25, 0.3) is 0 Å². The molecule has 0 bridgehead atoms. The Hall–Kier alpha value is -2.41. The number of aliphatic hydroxyl groups excluding tert-OH is 1. The Morgan fingerprint density at radius 3 is 1.33 bits per heavy atom. The van der Waals surface area contributed by atoms with Crippen molar-refractivity contribution in [1.29, 1.82) is 0 Å². The van der Waals surface area contributed by atoms with Gasteiger partial charge in [0.15, 0.2) is 0 Å². The van der Waals surface area contributed by atoms with E-state index in [4.69, 9.17) is 20.4 Å². The number of carbonyl (C=O) groups is 5. The summed E-state index contributed by atoms with van der Waals surface area (Å²) in [6, 6.07) is 0. The maximum Gasteiger partial charge on any atom is 0.317 e. The third kappa shape index (κ3) is 16.5. The van der Waals surface area contributed by atoms with Crippen LogP contribution in [0, 0.1) is 5.92 Å². The van der Waals surface area contributed by atoms with E-state index in [1.165, 1.54) is 9.80 Å². The Morgan fingerprint density at radius 2 is 1.03 bits per heavy atom. The zero-order valence-corrected chi connectivity index (χ0v) is 17.7. The highest BCUT2D eigenvalue weighted by atomic mass is 16.4. The lowest BCUT2D eigenvalue weighted by molar-refractivity contribution is -0.142. The van der Waals surface area contributed by atoms with E-state index in [9.17, 15) is 24.0 Å². The van der Waals surface area contributed by atoms with Gasteiger partial charge < -0.3 is 25.2 Å². The first-order valence-corrected chi connectivity index (χ1v) is 9.28. The molecule has 0 aliphatic rings. The zero-order chi connectivity index (χ0) is 23.7. The van der Waals surface area contributed by atoms with Crippen molar-refractivity contribution >= 4 is 30.0 Å². The predicted octanol–water partition coefficient (Wildman–Crippen LogP) is -1.82. The minimum Gasteiger partial charge on any atom is -0.480 e. The summed E-state index contributed by atoms with van der Waals surface area (Å²) in [6.07, 6.45) is 0.652. The van der Waals surface area contributed by atoms with Crippen molar-refractivity contribution in [3.63, 3.8) is 0 Å². The molecule has 0 rings (SSSR count). The maximum atomic E-state index is 11.9. The Bertz CT molecular complexity index is 539. The summed E-state index contributed by atoms with van der Waals surface area (Å²) in [4.78, 5) is 59.8. The predicted molar refractivity (Wildman–Crippen MR) is 106 cm³/mol. The van der Waals surface area contributed by atoms with Crippen molar-refractivity contribution in [1.82, 2.24) is 14.7 Å². The monoisotopic (exact) mass is 435 g/mol. The minimum atomic E-state index is -1.16. The van der Waals surface area contributed by atoms with Gasteiger partial charge in [0.2, 0.25) is 0 Å². The number of ketones is 1. The Morgan fingerprint density at radius 1 is 0.700 bits per heavy atom. The standard InChI is InChI=1S/C17H29N3O8.CH4O/c1-13(2)14(22)9-19(10-15(23)24)5-3-18(7-8-21)4-6-20(11-16(25)26)12-17(27)28;1-2/h8,13H,3-7,9-12H2,1-2H3,(H,23,24)(H,25,26)(H,27,28);2H,1H3. The fraction of sp³-hybridized carbons (Fsp3) is 0.722. The molecule has 0 aromatic heterocycles. The molecule has 0 atom stereocenters. The molecule has 12 nitrogen and oxygen atoms in total. The molecular weight excluding hydrogens is 402 g/mol. The number of Topliss-reactive ketones (excluding diaryl/α,β-unsaturated/α-hetero) is 1. The topological polar surface area (TPSA) is 176 Å². The van der Waals surface area contributed by atoms with Gasteiger partial charge in [0.05, 0.1) is 32.7 Å². The van der Waals surface area contributed by atoms with Crippen LogP contribution in [0.2, 0.25) is 0 Å². The molecule has 0 spiro atoms. The van der Waals surface area contributed by atoms with Crippen LogP contribution in [0.5, 0.6) is 0 Å². The largest absolute Gasteiger partial charge is 0.480 e. The summed E-state index contributed by atoms with van der Waals surface area (Å²) in [5.41, 5.74) is 0. The minimum absolute atomic E-state index is 0.0209. The second-order valence-corrected chi connectivity index (χ2v) is 6.69. The van der Waals surface area contributed by atoms with Gasteiger partial charge in [-0.3, -0.25) is 33.9 Å². The molecule has 0 aliphatic heterocycles. The highest BCUT2D eigenvalue weighted by Crippen LogP contribution is 2.00. The van der Waals surface area contributed by atoms with Crippen LogP contribution in [0.4, 0.5) is 0 Å². The SMILES string of the molecule is CC(C)C(=O)CN(CCN(CC=O)CCN(CC(=O)O)CC(=O)O)CC(=O)O.CO. The third-order valence-corrected chi connectivity index (χ3v) is 3.90. The number of hydrogen-bond donors (Lipinski definition) is 4. The van der Waals surface area contributed by atoms with Gasteiger partial charge in [0, 0.05) is 39.2 Å². The second-order valence-electron chi connectivity index (χ2n) is 6.69. The van der Waals surface area contributed by atoms with Gasteiger partial charge in [0.25, 0.3) is 0 Å². The van der Waals surface area contributed by atoms with E-state index >= 15 is 0 Å². The lowest BCUT2D eigenvalue weighted by Crippen LogP contribution is -2.44. The molecule has 0 aromatic carbocycles. The van der Waals surface area contributed by atoms with Crippen LogP contribution in [0.1, 0.15) is 13.8 Å². The van der Waals surface area contributed by atoms with E-state index in [-0.39, 0.29) is 57.5 Å². The molecule has 174 valence electrons. The number of carboxylic acids is 3. The van der Waals surface area contributed by atoms with Crippen LogP contribution in [0.3, 0.4) is 0 Å². The number of aldehydes is 1. The average Bonchev–Trinajstić information content (AvgIpc) is 2.63. The van der Waals surface area contributed by atoms with E-state index in [0.717, 1.165) is 7.11 Å². The molecule has 0 saturated carbocycles. The number of aliphatic carboxylic acids is 3. The summed E-state index contributed by atoms with van der Waals surface area (Å²) in [6.45, 7) is 3.04. The van der Waals surface area contributed by atoms with Gasteiger partial charge in [0.1, 0.15) is 12.1 Å². The van der Waals surface area contributed by atoms with Crippen molar-refractivity contribution in [2.24, 2.45) is 5.92 Å². The third-order valence-electron chi connectivity index (χ3n) is 3.90.